The predicted octanol–water partition coefficient (Wildman–Crippen LogP) is 1.23. The highest BCUT2D eigenvalue weighted by Crippen LogP contribution is 1.64. The standard InChI is InChI=1S/C2H4ClN/c1-2-4-3/h2H,1H3. The van der Waals surface area contributed by atoms with Gasteiger partial charge in [0.05, 0.1) is 0 Å². The van der Waals surface area contributed by atoms with Gasteiger partial charge < -0.3 is 0 Å². The van der Waals surface area contributed by atoms with Crippen LogP contribution in [0, 0.1) is 0 Å². The van der Waals surface area contributed by atoms with E-state index in [1.165, 1.54) is 6.21 Å². The average Bonchev–Trinajstić information content (AvgIpc) is 1.37. The molecule has 0 bridgehead atoms. The van der Waals surface area contributed by atoms with Crippen molar-refractivity contribution in [1.29, 1.82) is 0 Å². The monoisotopic (exact) mass is 77.0 g/mol. The summed E-state index contributed by atoms with van der Waals surface area (Å²) in [5, 5.41) is 0. The van der Waals surface area contributed by atoms with Crippen molar-refractivity contribution in [2.75, 3.05) is 0 Å². The minimum atomic E-state index is 1.52. The minimum Gasteiger partial charge on any atom is -0.191 e. The molecule has 0 aromatic carbocycles. The topological polar surface area (TPSA) is 12.4 Å². The summed E-state index contributed by atoms with van der Waals surface area (Å²) in [6, 6.07) is 0. The fourth-order valence-electron chi connectivity index (χ4n) is 0. The Morgan fingerprint density at radius 3 is 2.25 bits per heavy atom. The Balaban J connectivity index is 2.55. The molecule has 1 nitrogen and oxygen atoms in total. The van der Waals surface area contributed by atoms with Crippen molar-refractivity contribution in [3.63, 3.8) is 0 Å². The van der Waals surface area contributed by atoms with E-state index in [-0.39, 0.29) is 0 Å². The van der Waals surface area contributed by atoms with Crippen molar-refractivity contribution >= 4 is 18.0 Å². The van der Waals surface area contributed by atoms with Gasteiger partial charge in [-0.1, -0.05) is 0 Å². The van der Waals surface area contributed by atoms with Crippen LogP contribution in [0.25, 0.3) is 0 Å². The first-order valence-electron chi connectivity index (χ1n) is 1.00. The van der Waals surface area contributed by atoms with Gasteiger partial charge in [0.15, 0.2) is 0 Å². The zero-order valence-electron chi connectivity index (χ0n) is 2.40. The van der Waals surface area contributed by atoms with Crippen molar-refractivity contribution in [1.82, 2.24) is 0 Å². The summed E-state index contributed by atoms with van der Waals surface area (Å²) < 4.78 is 3.08. The number of hydrogen-bond acceptors (Lipinski definition) is 1. The molecule has 0 saturated heterocycles. The van der Waals surface area contributed by atoms with Gasteiger partial charge in [0.2, 0.25) is 0 Å². The summed E-state index contributed by atoms with van der Waals surface area (Å²) in [6.07, 6.45) is 1.52. The minimum absolute atomic E-state index is 1.52. The molecule has 0 atom stereocenters. The third kappa shape index (κ3) is 1.96. The molecule has 0 aliphatic carbocycles. The van der Waals surface area contributed by atoms with E-state index in [1.807, 2.05) is 0 Å². The lowest BCUT2D eigenvalue weighted by atomic mass is 10.9. The molecular formula is C2H4ClN. The molecule has 0 aromatic heterocycles. The highest BCUT2D eigenvalue weighted by molar-refractivity contribution is 6.17. The lowest BCUT2D eigenvalue weighted by Gasteiger charge is -1.48. The first-order chi connectivity index (χ1) is 1.91. The smallest absolute Gasteiger partial charge is 0.0361 e. The number of nitrogens with zero attached hydrogens (tertiary/aromatic N) is 1. The summed E-state index contributed by atoms with van der Waals surface area (Å²) in [7, 11) is 0. The number of halogens is 1. The van der Waals surface area contributed by atoms with Gasteiger partial charge >= 0.3 is 0 Å². The average molecular weight is 77.5 g/mol. The van der Waals surface area contributed by atoms with E-state index in [9.17, 15) is 0 Å². The normalized spacial score (nSPS) is 9.50. The summed E-state index contributed by atoms with van der Waals surface area (Å²) in [6.45, 7) is 1.76. The van der Waals surface area contributed by atoms with Gasteiger partial charge in [-0.25, -0.2) is 0 Å². The van der Waals surface area contributed by atoms with Gasteiger partial charge in [-0.15, -0.1) is 0 Å². The molecule has 2 heteroatoms. The largest absolute Gasteiger partial charge is 0.191 e. The first-order valence-corrected chi connectivity index (χ1v) is 1.34. The zero-order valence-corrected chi connectivity index (χ0v) is 3.16. The van der Waals surface area contributed by atoms with Gasteiger partial charge in [0.25, 0.3) is 0 Å². The van der Waals surface area contributed by atoms with Crippen LogP contribution in [-0.2, 0) is 0 Å². The van der Waals surface area contributed by atoms with E-state index in [0.717, 1.165) is 0 Å². The molecule has 0 radical (unpaired) electrons. The lowest BCUT2D eigenvalue weighted by molar-refractivity contribution is 1.86. The molecule has 0 rings (SSSR count). The Labute approximate surface area is 30.4 Å². The van der Waals surface area contributed by atoms with E-state index in [4.69, 9.17) is 11.8 Å². The molecule has 0 aromatic rings. The second kappa shape index (κ2) is 2.96. The van der Waals surface area contributed by atoms with Crippen molar-refractivity contribution < 1.29 is 0 Å². The molecule has 0 heterocycles. The molecule has 0 aliphatic rings. The number of rotatable bonds is 0. The summed E-state index contributed by atoms with van der Waals surface area (Å²) in [4.78, 5) is 0. The van der Waals surface area contributed by atoms with Gasteiger partial charge in [0, 0.05) is 18.0 Å². The summed E-state index contributed by atoms with van der Waals surface area (Å²) >= 11 is 4.76. The second-order valence-corrected chi connectivity index (χ2v) is 0.551. The van der Waals surface area contributed by atoms with E-state index in [0.29, 0.717) is 0 Å². The fourth-order valence-corrected chi connectivity index (χ4v) is 0. The zero-order chi connectivity index (χ0) is 3.41. The third-order valence-electron chi connectivity index (χ3n) is 0.0976. The maximum absolute atomic E-state index is 4.76. The third-order valence-corrected chi connectivity index (χ3v) is 0.293. The quantitative estimate of drug-likeness (QED) is 0.386. The van der Waals surface area contributed by atoms with Crippen LogP contribution in [0.2, 0.25) is 0 Å². The SMILES string of the molecule is CC=NCl. The van der Waals surface area contributed by atoms with Gasteiger partial charge in [-0.2, -0.15) is 4.51 Å². The molecule has 4 heavy (non-hydrogen) atoms. The van der Waals surface area contributed by atoms with Crippen LogP contribution in [0.1, 0.15) is 6.92 Å². The predicted molar refractivity (Wildman–Crippen MR) is 20.0 cm³/mol. The van der Waals surface area contributed by atoms with E-state index in [1.54, 1.807) is 6.92 Å². The molecule has 0 fully saturated rings. The lowest BCUT2D eigenvalue weighted by Crippen LogP contribution is -1.39. The van der Waals surface area contributed by atoms with Crippen molar-refractivity contribution in [3.8, 4) is 0 Å². The number of hydrogen-bond donors (Lipinski definition) is 0. The van der Waals surface area contributed by atoms with Crippen molar-refractivity contribution in [3.05, 3.63) is 0 Å². The molecule has 0 unspecified atom stereocenters. The second-order valence-electron chi connectivity index (χ2n) is 0.356. The Morgan fingerprint density at radius 1 is 2.00 bits per heavy atom. The van der Waals surface area contributed by atoms with Crippen molar-refractivity contribution in [2.24, 2.45) is 4.51 Å². The maximum Gasteiger partial charge on any atom is 0.0361 e. The van der Waals surface area contributed by atoms with Crippen molar-refractivity contribution in [2.45, 2.75) is 6.92 Å². The van der Waals surface area contributed by atoms with Crippen LogP contribution in [0.5, 0.6) is 0 Å². The highest BCUT2D eigenvalue weighted by atomic mass is 35.5. The van der Waals surface area contributed by atoms with Crippen LogP contribution in [0.15, 0.2) is 4.51 Å². The molecule has 0 amide bonds. The maximum atomic E-state index is 4.76. The molecule has 24 valence electrons. The van der Waals surface area contributed by atoms with Crippen LogP contribution < -0.4 is 0 Å². The van der Waals surface area contributed by atoms with Gasteiger partial charge in [-0.05, 0) is 6.92 Å². The van der Waals surface area contributed by atoms with Gasteiger partial charge in [0.1, 0.15) is 0 Å². The van der Waals surface area contributed by atoms with Gasteiger partial charge in [-0.3, -0.25) is 0 Å². The molecule has 0 aliphatic heterocycles. The van der Waals surface area contributed by atoms with Crippen LogP contribution in [-0.4, -0.2) is 6.21 Å². The molecule has 0 spiro atoms. The fraction of sp³-hybridized carbons (Fsp3) is 0.500. The molecular weight excluding hydrogens is 73.5 g/mol. The van der Waals surface area contributed by atoms with E-state index in [2.05, 4.69) is 4.51 Å². The summed E-state index contributed by atoms with van der Waals surface area (Å²) in [5.41, 5.74) is 0. The Bertz CT molecular complexity index is 21.2. The molecule has 0 saturated carbocycles. The summed E-state index contributed by atoms with van der Waals surface area (Å²) in [5.74, 6) is 0. The van der Waals surface area contributed by atoms with Crippen LogP contribution in [0.3, 0.4) is 0 Å². The van der Waals surface area contributed by atoms with Crippen LogP contribution >= 0.6 is 11.8 Å². The van der Waals surface area contributed by atoms with Crippen LogP contribution in [0.4, 0.5) is 0 Å². The highest BCUT2D eigenvalue weighted by Gasteiger charge is 1.36. The van der Waals surface area contributed by atoms with E-state index < -0.39 is 0 Å². The Hall–Kier alpha value is -0.0400. The first kappa shape index (κ1) is 3.96. The van der Waals surface area contributed by atoms with E-state index >= 15 is 0 Å². The Kier molecular flexibility index (Phi) is 2.93. The molecule has 0 N–H and O–H groups in total. The Morgan fingerprint density at radius 2 is 2.25 bits per heavy atom.